The number of para-hydroxylation sites is 1. The van der Waals surface area contributed by atoms with Crippen LogP contribution in [0.5, 0.6) is 0 Å². The number of hydrazone groups is 1. The number of hydrogen-bond acceptors (Lipinski definition) is 2. The van der Waals surface area contributed by atoms with Gasteiger partial charge in [-0.1, -0.05) is 53.0 Å². The summed E-state index contributed by atoms with van der Waals surface area (Å²) in [7, 11) is 0. The highest BCUT2D eigenvalue weighted by Crippen LogP contribution is 2.33. The summed E-state index contributed by atoms with van der Waals surface area (Å²) in [4.78, 5) is 0. The summed E-state index contributed by atoms with van der Waals surface area (Å²) in [6.45, 7) is 0. The van der Waals surface area contributed by atoms with E-state index in [9.17, 15) is 0 Å². The van der Waals surface area contributed by atoms with E-state index in [1.807, 2.05) is 53.2 Å². The SMILES string of the molecule is Clc1cc(Cl)c(NN=Cc2cccn2-c2ccccc2)c(Cl)c1. The highest BCUT2D eigenvalue weighted by molar-refractivity contribution is 6.41. The third-order valence-corrected chi connectivity index (χ3v) is 4.01. The minimum absolute atomic E-state index is 0.415. The first-order valence-corrected chi connectivity index (χ1v) is 7.95. The second-order valence-corrected chi connectivity index (χ2v) is 6.00. The summed E-state index contributed by atoms with van der Waals surface area (Å²) in [5.74, 6) is 0. The maximum absolute atomic E-state index is 6.11. The molecule has 0 atom stereocenters. The quantitative estimate of drug-likeness (QED) is 0.454. The van der Waals surface area contributed by atoms with Crippen LogP contribution in [0.3, 0.4) is 0 Å². The van der Waals surface area contributed by atoms with E-state index in [0.717, 1.165) is 11.4 Å². The van der Waals surface area contributed by atoms with Crippen LogP contribution in [0.2, 0.25) is 15.1 Å². The molecule has 3 rings (SSSR count). The van der Waals surface area contributed by atoms with Crippen LogP contribution in [0, 0.1) is 0 Å². The lowest BCUT2D eigenvalue weighted by molar-refractivity contribution is 1.07. The Hall–Kier alpha value is -1.94. The molecule has 116 valence electrons. The molecule has 0 aliphatic rings. The van der Waals surface area contributed by atoms with Crippen molar-refractivity contribution in [3.8, 4) is 5.69 Å². The molecule has 1 heterocycles. The average Bonchev–Trinajstić information content (AvgIpc) is 2.99. The van der Waals surface area contributed by atoms with E-state index >= 15 is 0 Å². The van der Waals surface area contributed by atoms with Gasteiger partial charge in [0.2, 0.25) is 0 Å². The molecule has 1 N–H and O–H groups in total. The van der Waals surface area contributed by atoms with Crippen molar-refractivity contribution >= 4 is 46.7 Å². The van der Waals surface area contributed by atoms with Crippen LogP contribution in [0.25, 0.3) is 5.69 Å². The molecular weight excluding hydrogens is 353 g/mol. The van der Waals surface area contributed by atoms with Gasteiger partial charge in [0.1, 0.15) is 0 Å². The number of rotatable bonds is 4. The van der Waals surface area contributed by atoms with Crippen LogP contribution < -0.4 is 5.43 Å². The summed E-state index contributed by atoms with van der Waals surface area (Å²) in [6.07, 6.45) is 3.67. The van der Waals surface area contributed by atoms with Crippen LogP contribution in [0.4, 0.5) is 5.69 Å². The number of nitrogens with zero attached hydrogens (tertiary/aromatic N) is 2. The minimum Gasteiger partial charge on any atom is -0.316 e. The standard InChI is InChI=1S/C17H12Cl3N3/c18-12-9-15(19)17(16(20)10-12)22-21-11-14-7-4-8-23(14)13-5-2-1-3-6-13/h1-11,22H. The van der Waals surface area contributed by atoms with Crippen LogP contribution in [-0.4, -0.2) is 10.8 Å². The Kier molecular flexibility index (Phi) is 4.91. The largest absolute Gasteiger partial charge is 0.316 e. The van der Waals surface area contributed by atoms with Gasteiger partial charge in [-0.3, -0.25) is 5.43 Å². The monoisotopic (exact) mass is 363 g/mol. The number of anilines is 1. The highest BCUT2D eigenvalue weighted by Gasteiger charge is 2.07. The Morgan fingerprint density at radius 3 is 2.30 bits per heavy atom. The molecule has 3 aromatic rings. The fourth-order valence-corrected chi connectivity index (χ4v) is 3.04. The summed E-state index contributed by atoms with van der Waals surface area (Å²) in [5, 5.41) is 5.52. The molecule has 0 saturated heterocycles. The topological polar surface area (TPSA) is 29.3 Å². The summed E-state index contributed by atoms with van der Waals surface area (Å²) in [6, 6.07) is 17.1. The fraction of sp³-hybridized carbons (Fsp3) is 0. The first-order valence-electron chi connectivity index (χ1n) is 6.81. The van der Waals surface area contributed by atoms with Crippen LogP contribution in [-0.2, 0) is 0 Å². The number of aromatic nitrogens is 1. The molecule has 1 aromatic heterocycles. The Labute approximate surface area is 149 Å². The van der Waals surface area contributed by atoms with Crippen molar-refractivity contribution in [3.63, 3.8) is 0 Å². The first-order chi connectivity index (χ1) is 11.1. The van der Waals surface area contributed by atoms with E-state index < -0.39 is 0 Å². The third-order valence-electron chi connectivity index (χ3n) is 3.19. The van der Waals surface area contributed by atoms with Crippen LogP contribution in [0.1, 0.15) is 5.69 Å². The zero-order valence-corrected chi connectivity index (χ0v) is 14.1. The van der Waals surface area contributed by atoms with Crippen molar-refractivity contribution in [2.24, 2.45) is 5.10 Å². The lowest BCUT2D eigenvalue weighted by Crippen LogP contribution is -1.99. The van der Waals surface area contributed by atoms with E-state index in [1.165, 1.54) is 0 Å². The van der Waals surface area contributed by atoms with E-state index in [1.54, 1.807) is 18.3 Å². The smallest absolute Gasteiger partial charge is 0.0935 e. The normalized spacial score (nSPS) is 11.1. The first kappa shape index (κ1) is 15.9. The van der Waals surface area contributed by atoms with E-state index in [2.05, 4.69) is 10.5 Å². The Balaban J connectivity index is 1.82. The van der Waals surface area contributed by atoms with Crippen LogP contribution >= 0.6 is 34.8 Å². The van der Waals surface area contributed by atoms with E-state index in [4.69, 9.17) is 34.8 Å². The third kappa shape index (κ3) is 3.70. The molecule has 2 aromatic carbocycles. The zero-order valence-electron chi connectivity index (χ0n) is 11.9. The van der Waals surface area contributed by atoms with Gasteiger partial charge in [0.05, 0.1) is 27.6 Å². The molecule has 0 unspecified atom stereocenters. The lowest BCUT2D eigenvalue weighted by atomic mass is 10.3. The maximum Gasteiger partial charge on any atom is 0.0935 e. The maximum atomic E-state index is 6.11. The molecule has 0 bridgehead atoms. The molecule has 0 spiro atoms. The molecule has 6 heteroatoms. The van der Waals surface area contributed by atoms with Crippen molar-refractivity contribution < 1.29 is 0 Å². The van der Waals surface area contributed by atoms with Gasteiger partial charge < -0.3 is 4.57 Å². The molecule has 0 aliphatic heterocycles. The average molecular weight is 365 g/mol. The van der Waals surface area contributed by atoms with Gasteiger partial charge in [0, 0.05) is 16.9 Å². The van der Waals surface area contributed by atoms with Crippen molar-refractivity contribution in [2.45, 2.75) is 0 Å². The van der Waals surface area contributed by atoms with Crippen LogP contribution in [0.15, 0.2) is 65.9 Å². The van der Waals surface area contributed by atoms with Crippen molar-refractivity contribution in [1.29, 1.82) is 0 Å². The number of benzene rings is 2. The van der Waals surface area contributed by atoms with Gasteiger partial charge in [0.15, 0.2) is 0 Å². The Bertz CT molecular complexity index is 818. The second-order valence-electron chi connectivity index (χ2n) is 4.75. The van der Waals surface area contributed by atoms with Gasteiger partial charge in [-0.05, 0) is 36.4 Å². The molecule has 23 heavy (non-hydrogen) atoms. The summed E-state index contributed by atoms with van der Waals surface area (Å²) < 4.78 is 2.02. The lowest BCUT2D eigenvalue weighted by Gasteiger charge is -2.08. The molecular formula is C17H12Cl3N3. The van der Waals surface area contributed by atoms with E-state index in [-0.39, 0.29) is 0 Å². The van der Waals surface area contributed by atoms with Gasteiger partial charge >= 0.3 is 0 Å². The predicted molar refractivity (Wildman–Crippen MR) is 98.5 cm³/mol. The van der Waals surface area contributed by atoms with Gasteiger partial charge in [0.25, 0.3) is 0 Å². The van der Waals surface area contributed by atoms with Crippen molar-refractivity contribution in [3.05, 3.63) is 81.6 Å². The summed E-state index contributed by atoms with van der Waals surface area (Å²) in [5.41, 5.74) is 5.36. The van der Waals surface area contributed by atoms with Crippen molar-refractivity contribution in [2.75, 3.05) is 5.43 Å². The van der Waals surface area contributed by atoms with E-state index in [0.29, 0.717) is 20.8 Å². The number of halogens is 3. The fourth-order valence-electron chi connectivity index (χ4n) is 2.13. The molecule has 3 nitrogen and oxygen atoms in total. The molecule has 0 radical (unpaired) electrons. The summed E-state index contributed by atoms with van der Waals surface area (Å²) >= 11 is 18.1. The van der Waals surface area contributed by atoms with Crippen molar-refractivity contribution in [1.82, 2.24) is 4.57 Å². The zero-order chi connectivity index (χ0) is 16.2. The Morgan fingerprint density at radius 1 is 0.913 bits per heavy atom. The van der Waals surface area contributed by atoms with Gasteiger partial charge in [-0.15, -0.1) is 0 Å². The Morgan fingerprint density at radius 2 is 1.61 bits per heavy atom. The number of hydrogen-bond donors (Lipinski definition) is 1. The highest BCUT2D eigenvalue weighted by atomic mass is 35.5. The molecule has 0 fully saturated rings. The number of nitrogens with one attached hydrogen (secondary N) is 1. The second kappa shape index (κ2) is 7.09. The molecule has 0 amide bonds. The van der Waals surface area contributed by atoms with Gasteiger partial charge in [-0.2, -0.15) is 5.10 Å². The molecule has 0 saturated carbocycles. The minimum atomic E-state index is 0.415. The predicted octanol–water partition coefficient (Wildman–Crippen LogP) is 5.88. The molecule has 0 aliphatic carbocycles. The van der Waals surface area contributed by atoms with Gasteiger partial charge in [-0.25, -0.2) is 0 Å².